The molecule has 258 valence electrons. The number of ether oxygens (including phenoxy) is 1. The van der Waals surface area contributed by atoms with Crippen LogP contribution >= 0.6 is 0 Å². The molecule has 0 amide bonds. The van der Waals surface area contributed by atoms with Gasteiger partial charge in [0, 0.05) is 6.42 Å². The number of aliphatic carboxylic acids is 1. The molecule has 0 aliphatic heterocycles. The maximum Gasteiger partial charge on any atom is 0.320 e. The molecule has 4 aliphatic carbocycles. The van der Waals surface area contributed by atoms with Gasteiger partial charge in [0.15, 0.2) is 5.92 Å². The Hall–Kier alpha value is -1.32. The number of carbonyl (C=O) groups is 2. The molecule has 0 saturated heterocycles. The van der Waals surface area contributed by atoms with Gasteiger partial charge >= 0.3 is 11.9 Å². The van der Waals surface area contributed by atoms with Crippen molar-refractivity contribution in [3.05, 3.63) is 11.6 Å². The van der Waals surface area contributed by atoms with E-state index in [1.807, 2.05) is 0 Å². The molecule has 9 atom stereocenters. The maximum atomic E-state index is 13.1. The fourth-order valence-corrected chi connectivity index (χ4v) is 11.0. The normalized spacial score (nSPS) is 33.9. The molecule has 0 bridgehead atoms. The van der Waals surface area contributed by atoms with Crippen molar-refractivity contribution in [2.75, 3.05) is 0 Å². The van der Waals surface area contributed by atoms with Gasteiger partial charge in [0.1, 0.15) is 6.10 Å². The predicted octanol–water partition coefficient (Wildman–Crippen LogP) is 11.6. The minimum atomic E-state index is -1.02. The Kier molecular flexibility index (Phi) is 13.5. The first kappa shape index (κ1) is 36.5. The number of fused-ring (bicyclic) bond motifs is 5. The molecular formula is C41H70O4. The van der Waals surface area contributed by atoms with Crippen LogP contribution in [-0.4, -0.2) is 23.1 Å². The van der Waals surface area contributed by atoms with Crippen molar-refractivity contribution in [2.24, 2.45) is 52.3 Å². The predicted molar refractivity (Wildman–Crippen MR) is 186 cm³/mol. The van der Waals surface area contributed by atoms with Gasteiger partial charge in [-0.15, -0.1) is 0 Å². The molecule has 0 aromatic heterocycles. The Balaban J connectivity index is 1.28. The lowest BCUT2D eigenvalue weighted by Crippen LogP contribution is -2.51. The van der Waals surface area contributed by atoms with Crippen molar-refractivity contribution in [2.45, 2.75) is 182 Å². The quantitative estimate of drug-likeness (QED) is 0.0711. The molecule has 3 fully saturated rings. The zero-order valence-corrected chi connectivity index (χ0v) is 30.2. The van der Waals surface area contributed by atoms with Crippen LogP contribution < -0.4 is 0 Å². The fraction of sp³-hybridized carbons (Fsp3) is 0.902. The molecule has 4 rings (SSSR count). The summed E-state index contributed by atoms with van der Waals surface area (Å²) in [5.41, 5.74) is 2.20. The molecular weight excluding hydrogens is 556 g/mol. The van der Waals surface area contributed by atoms with E-state index < -0.39 is 17.9 Å². The molecule has 4 aliphatic rings. The molecule has 45 heavy (non-hydrogen) atoms. The highest BCUT2D eigenvalue weighted by Gasteiger charge is 2.59. The second kappa shape index (κ2) is 16.7. The largest absolute Gasteiger partial charge is 0.481 e. The first-order valence-electron chi connectivity index (χ1n) is 19.6. The first-order valence-corrected chi connectivity index (χ1v) is 19.6. The average Bonchev–Trinajstić information content (AvgIpc) is 3.35. The third kappa shape index (κ3) is 8.78. The van der Waals surface area contributed by atoms with E-state index in [2.05, 4.69) is 47.6 Å². The number of hydrogen-bond donors (Lipinski definition) is 1. The Morgan fingerprint density at radius 1 is 0.844 bits per heavy atom. The molecule has 4 nitrogen and oxygen atoms in total. The van der Waals surface area contributed by atoms with Gasteiger partial charge in [-0.05, 0) is 97.7 Å². The van der Waals surface area contributed by atoms with Crippen LogP contribution in [0.4, 0.5) is 0 Å². The summed E-state index contributed by atoms with van der Waals surface area (Å²) < 4.78 is 5.99. The van der Waals surface area contributed by atoms with Crippen molar-refractivity contribution < 1.29 is 19.4 Å². The van der Waals surface area contributed by atoms with E-state index in [4.69, 9.17) is 4.74 Å². The monoisotopic (exact) mass is 627 g/mol. The highest BCUT2D eigenvalue weighted by atomic mass is 16.5. The molecule has 5 unspecified atom stereocenters. The lowest BCUT2D eigenvalue weighted by molar-refractivity contribution is -0.164. The fourth-order valence-electron chi connectivity index (χ4n) is 11.0. The summed E-state index contributed by atoms with van der Waals surface area (Å²) in [5.74, 6) is 2.35. The highest BCUT2D eigenvalue weighted by molar-refractivity contribution is 5.93. The van der Waals surface area contributed by atoms with Gasteiger partial charge in [-0.2, -0.15) is 0 Å². The molecule has 0 aromatic carbocycles. The Bertz CT molecular complexity index is 984. The first-order chi connectivity index (χ1) is 21.5. The van der Waals surface area contributed by atoms with E-state index in [1.54, 1.807) is 0 Å². The molecule has 0 spiro atoms. The van der Waals surface area contributed by atoms with Crippen LogP contribution in [-0.2, 0) is 14.3 Å². The zero-order valence-electron chi connectivity index (χ0n) is 30.2. The van der Waals surface area contributed by atoms with E-state index in [1.165, 1.54) is 95.5 Å². The van der Waals surface area contributed by atoms with E-state index in [-0.39, 0.29) is 11.5 Å². The number of carboxylic acid groups (broad SMARTS) is 1. The summed E-state index contributed by atoms with van der Waals surface area (Å²) in [5, 5.41) is 9.85. The molecule has 1 N–H and O–H groups in total. The summed E-state index contributed by atoms with van der Waals surface area (Å²) in [6.45, 7) is 14.7. The number of esters is 1. The summed E-state index contributed by atoms with van der Waals surface area (Å²) in [6.07, 6.45) is 27.0. The SMILES string of the molecule is CCCCCCCCCCCC(C(=O)O)C(=O)OC1CC[C@@]2(C)C(=CCC3C2CC[C@@]2(C)C3CC[C@@H]2[C@H](C)CCCC(C)C)C1. The molecule has 0 aromatic rings. The molecule has 0 heterocycles. The van der Waals surface area contributed by atoms with Crippen LogP contribution in [0, 0.1) is 52.3 Å². The maximum absolute atomic E-state index is 13.1. The van der Waals surface area contributed by atoms with Crippen molar-refractivity contribution >= 4 is 11.9 Å². The van der Waals surface area contributed by atoms with E-state index >= 15 is 0 Å². The number of carbonyl (C=O) groups excluding carboxylic acids is 1. The second-order valence-electron chi connectivity index (χ2n) is 17.1. The Morgan fingerprint density at radius 3 is 2.20 bits per heavy atom. The number of hydrogen-bond acceptors (Lipinski definition) is 3. The number of unbranched alkanes of at least 4 members (excludes halogenated alkanes) is 8. The standard InChI is InChI=1S/C41H70O4/c1-7-8-9-10-11-12-13-14-15-19-34(38(42)43)39(44)45-32-24-26-40(5)31(28-32)20-21-33-36-23-22-35(30(4)18-16-17-29(2)3)41(36,6)27-25-37(33)40/h20,29-30,32-37H,7-19,21-28H2,1-6H3,(H,42,43)/t30-,32?,33?,34?,35-,36?,37?,40+,41-/m1/s1. The highest BCUT2D eigenvalue weighted by Crippen LogP contribution is 2.67. The average molecular weight is 627 g/mol. The van der Waals surface area contributed by atoms with Crippen molar-refractivity contribution in [3.63, 3.8) is 0 Å². The van der Waals surface area contributed by atoms with Crippen LogP contribution in [0.25, 0.3) is 0 Å². The lowest BCUT2D eigenvalue weighted by atomic mass is 9.47. The topological polar surface area (TPSA) is 63.6 Å². The van der Waals surface area contributed by atoms with Crippen LogP contribution in [0.5, 0.6) is 0 Å². The summed E-state index contributed by atoms with van der Waals surface area (Å²) in [4.78, 5) is 25.1. The summed E-state index contributed by atoms with van der Waals surface area (Å²) >= 11 is 0. The Labute approximate surface area is 277 Å². The van der Waals surface area contributed by atoms with Gasteiger partial charge in [-0.3, -0.25) is 9.59 Å². The van der Waals surface area contributed by atoms with E-state index in [0.717, 1.165) is 74.0 Å². The molecule has 3 saturated carbocycles. The minimum absolute atomic E-state index is 0.172. The summed E-state index contributed by atoms with van der Waals surface area (Å²) in [7, 11) is 0. The molecule has 4 heteroatoms. The number of allylic oxidation sites excluding steroid dienone is 1. The number of rotatable bonds is 18. The van der Waals surface area contributed by atoms with Gasteiger partial charge < -0.3 is 9.84 Å². The minimum Gasteiger partial charge on any atom is -0.481 e. The van der Waals surface area contributed by atoms with Crippen LogP contribution in [0.1, 0.15) is 176 Å². The lowest BCUT2D eigenvalue weighted by Gasteiger charge is -2.58. The molecule has 0 radical (unpaired) electrons. The van der Waals surface area contributed by atoms with Crippen molar-refractivity contribution in [3.8, 4) is 0 Å². The van der Waals surface area contributed by atoms with E-state index in [9.17, 15) is 14.7 Å². The Morgan fingerprint density at radius 2 is 1.53 bits per heavy atom. The smallest absolute Gasteiger partial charge is 0.320 e. The van der Waals surface area contributed by atoms with Crippen molar-refractivity contribution in [1.29, 1.82) is 0 Å². The second-order valence-corrected chi connectivity index (χ2v) is 17.1. The van der Waals surface area contributed by atoms with Gasteiger partial charge in [0.25, 0.3) is 0 Å². The third-order valence-corrected chi connectivity index (χ3v) is 13.7. The van der Waals surface area contributed by atoms with Crippen LogP contribution in [0.2, 0.25) is 0 Å². The van der Waals surface area contributed by atoms with Gasteiger partial charge in [0.05, 0.1) is 0 Å². The zero-order chi connectivity index (χ0) is 32.6. The number of carboxylic acids is 1. The van der Waals surface area contributed by atoms with E-state index in [0.29, 0.717) is 11.8 Å². The van der Waals surface area contributed by atoms with Gasteiger partial charge in [0.2, 0.25) is 0 Å². The third-order valence-electron chi connectivity index (χ3n) is 13.7. The van der Waals surface area contributed by atoms with Gasteiger partial charge in [-0.1, -0.05) is 130 Å². The van der Waals surface area contributed by atoms with Crippen LogP contribution in [0.15, 0.2) is 11.6 Å². The summed E-state index contributed by atoms with van der Waals surface area (Å²) in [6, 6.07) is 0. The van der Waals surface area contributed by atoms with Crippen LogP contribution in [0.3, 0.4) is 0 Å². The van der Waals surface area contributed by atoms with Crippen molar-refractivity contribution in [1.82, 2.24) is 0 Å². The van der Waals surface area contributed by atoms with Gasteiger partial charge in [-0.25, -0.2) is 0 Å².